The topological polar surface area (TPSA) is 98.5 Å². The van der Waals surface area contributed by atoms with Gasteiger partial charge in [-0.2, -0.15) is 4.72 Å². The molecule has 1 aromatic rings. The molecule has 0 atom stereocenters. The first-order valence-electron chi connectivity index (χ1n) is 5.17. The Balaban J connectivity index is 3.11. The van der Waals surface area contributed by atoms with Gasteiger partial charge in [0, 0.05) is 0 Å². The molecule has 1 aromatic carbocycles. The molecule has 18 heavy (non-hydrogen) atoms. The van der Waals surface area contributed by atoms with Crippen LogP contribution in [0.3, 0.4) is 0 Å². The molecule has 0 radical (unpaired) electrons. The van der Waals surface area contributed by atoms with Crippen molar-refractivity contribution in [3.8, 4) is 0 Å². The van der Waals surface area contributed by atoms with E-state index in [-0.39, 0.29) is 10.6 Å². The molecule has 7 heteroatoms. The molecule has 0 heterocycles. The van der Waals surface area contributed by atoms with E-state index >= 15 is 0 Å². The van der Waals surface area contributed by atoms with Crippen LogP contribution in [-0.4, -0.2) is 27.0 Å². The number of ether oxygens (including phenoxy) is 1. The van der Waals surface area contributed by atoms with Gasteiger partial charge in [0.05, 0.1) is 12.8 Å². The quantitative estimate of drug-likeness (QED) is 0.614. The second-order valence-corrected chi connectivity index (χ2v) is 5.91. The maximum Gasteiger partial charge on any atom is 0.326 e. The van der Waals surface area contributed by atoms with E-state index in [0.29, 0.717) is 0 Å². The number of carbonyl (C=O) groups excluding carboxylic acids is 1. The lowest BCUT2D eigenvalue weighted by atomic mass is 10.1. The lowest BCUT2D eigenvalue weighted by molar-refractivity contribution is -0.146. The van der Waals surface area contributed by atoms with Crippen LogP contribution in [0.5, 0.6) is 0 Å². The first kappa shape index (κ1) is 14.5. The van der Waals surface area contributed by atoms with Crippen LogP contribution in [0.15, 0.2) is 29.2 Å². The van der Waals surface area contributed by atoms with E-state index in [1.54, 1.807) is 12.1 Å². The first-order valence-corrected chi connectivity index (χ1v) is 6.66. The van der Waals surface area contributed by atoms with Gasteiger partial charge in [0.2, 0.25) is 10.0 Å². The summed E-state index contributed by atoms with van der Waals surface area (Å²) in [6.07, 6.45) is 0. The fraction of sp³-hybridized carbons (Fsp3) is 0.364. The molecular formula is C11H16N2O4S. The molecule has 0 fully saturated rings. The first-order chi connectivity index (χ1) is 8.20. The Labute approximate surface area is 106 Å². The van der Waals surface area contributed by atoms with Crippen molar-refractivity contribution < 1.29 is 17.9 Å². The number of hydrogen-bond acceptors (Lipinski definition) is 5. The monoisotopic (exact) mass is 272 g/mol. The molecule has 100 valence electrons. The molecule has 0 aliphatic heterocycles. The van der Waals surface area contributed by atoms with Crippen LogP contribution in [0.1, 0.15) is 13.8 Å². The molecule has 0 saturated carbocycles. The van der Waals surface area contributed by atoms with Gasteiger partial charge in [0.25, 0.3) is 0 Å². The van der Waals surface area contributed by atoms with Gasteiger partial charge >= 0.3 is 5.97 Å². The third-order valence-electron chi connectivity index (χ3n) is 2.29. The highest BCUT2D eigenvalue weighted by molar-refractivity contribution is 7.89. The van der Waals surface area contributed by atoms with Crippen molar-refractivity contribution in [2.45, 2.75) is 24.3 Å². The number of nitrogen functional groups attached to an aromatic ring is 1. The third-order valence-corrected chi connectivity index (χ3v) is 4.02. The van der Waals surface area contributed by atoms with Gasteiger partial charge in [-0.1, -0.05) is 12.1 Å². The highest BCUT2D eigenvalue weighted by Crippen LogP contribution is 2.19. The van der Waals surface area contributed by atoms with Crippen molar-refractivity contribution in [3.05, 3.63) is 24.3 Å². The Morgan fingerprint density at radius 2 is 1.89 bits per heavy atom. The zero-order valence-electron chi connectivity index (χ0n) is 10.4. The molecule has 0 spiro atoms. The van der Waals surface area contributed by atoms with Crippen LogP contribution in [0.25, 0.3) is 0 Å². The minimum absolute atomic E-state index is 0.0676. The number of para-hydroxylation sites is 1. The molecular weight excluding hydrogens is 256 g/mol. The number of nitrogens with two attached hydrogens (primary N) is 1. The van der Waals surface area contributed by atoms with Crippen molar-refractivity contribution in [2.75, 3.05) is 12.8 Å². The number of anilines is 1. The summed E-state index contributed by atoms with van der Waals surface area (Å²) in [6, 6.07) is 6.01. The summed E-state index contributed by atoms with van der Waals surface area (Å²) < 4.78 is 31.0. The normalized spacial score (nSPS) is 12.2. The van der Waals surface area contributed by atoms with Gasteiger partial charge in [-0.25, -0.2) is 8.42 Å². The van der Waals surface area contributed by atoms with Crippen molar-refractivity contribution in [1.82, 2.24) is 4.72 Å². The highest BCUT2D eigenvalue weighted by Gasteiger charge is 2.34. The standard InChI is InChI=1S/C11H16N2O4S/c1-11(2,10(14)17-3)13-18(15,16)9-7-5-4-6-8(9)12/h4-7,13H,12H2,1-3H3. The van der Waals surface area contributed by atoms with Crippen molar-refractivity contribution >= 4 is 21.7 Å². The third kappa shape index (κ3) is 2.99. The Morgan fingerprint density at radius 3 is 2.39 bits per heavy atom. The van der Waals surface area contributed by atoms with E-state index < -0.39 is 21.5 Å². The van der Waals surface area contributed by atoms with E-state index in [0.717, 1.165) is 0 Å². The van der Waals surface area contributed by atoms with E-state index in [2.05, 4.69) is 9.46 Å². The van der Waals surface area contributed by atoms with Crippen LogP contribution in [-0.2, 0) is 19.6 Å². The molecule has 0 amide bonds. The largest absolute Gasteiger partial charge is 0.468 e. The number of methoxy groups -OCH3 is 1. The predicted molar refractivity (Wildman–Crippen MR) is 67.3 cm³/mol. The van der Waals surface area contributed by atoms with Gasteiger partial charge in [0.1, 0.15) is 10.4 Å². The number of nitrogens with one attached hydrogen (secondary N) is 1. The van der Waals surface area contributed by atoms with Crippen LogP contribution < -0.4 is 10.5 Å². The summed E-state index contributed by atoms with van der Waals surface area (Å²) in [4.78, 5) is 11.4. The van der Waals surface area contributed by atoms with Crippen LogP contribution in [0.2, 0.25) is 0 Å². The summed E-state index contributed by atoms with van der Waals surface area (Å²) in [5.74, 6) is -0.680. The highest BCUT2D eigenvalue weighted by atomic mass is 32.2. The minimum Gasteiger partial charge on any atom is -0.468 e. The number of sulfonamides is 1. The molecule has 0 aliphatic rings. The summed E-state index contributed by atoms with van der Waals surface area (Å²) >= 11 is 0. The second kappa shape index (κ2) is 4.95. The molecule has 0 aromatic heterocycles. The Morgan fingerprint density at radius 1 is 1.33 bits per heavy atom. The number of carbonyl (C=O) groups is 1. The molecule has 0 saturated heterocycles. The lowest BCUT2D eigenvalue weighted by Crippen LogP contribution is -2.50. The van der Waals surface area contributed by atoms with Gasteiger partial charge < -0.3 is 10.5 Å². The van der Waals surface area contributed by atoms with Gasteiger partial charge in [0.15, 0.2) is 0 Å². The molecule has 6 nitrogen and oxygen atoms in total. The smallest absolute Gasteiger partial charge is 0.326 e. The van der Waals surface area contributed by atoms with E-state index in [1.165, 1.54) is 33.1 Å². The summed E-state index contributed by atoms with van der Waals surface area (Å²) in [7, 11) is -2.69. The average Bonchev–Trinajstić information content (AvgIpc) is 2.26. The number of rotatable bonds is 4. The van der Waals surface area contributed by atoms with E-state index in [9.17, 15) is 13.2 Å². The van der Waals surface area contributed by atoms with Gasteiger partial charge in [-0.15, -0.1) is 0 Å². The molecule has 3 N–H and O–H groups in total. The number of benzene rings is 1. The van der Waals surface area contributed by atoms with E-state index in [1.807, 2.05) is 0 Å². The molecule has 0 bridgehead atoms. The minimum atomic E-state index is -3.88. The Kier molecular flexibility index (Phi) is 3.98. The molecule has 0 unspecified atom stereocenters. The fourth-order valence-corrected chi connectivity index (χ4v) is 2.91. The van der Waals surface area contributed by atoms with E-state index in [4.69, 9.17) is 5.73 Å². The van der Waals surface area contributed by atoms with Crippen molar-refractivity contribution in [2.24, 2.45) is 0 Å². The zero-order chi connectivity index (χ0) is 14.0. The SMILES string of the molecule is COC(=O)C(C)(C)NS(=O)(=O)c1ccccc1N. The summed E-state index contributed by atoms with van der Waals surface area (Å²) in [6.45, 7) is 2.82. The predicted octanol–water partition coefficient (Wildman–Crippen LogP) is 0.499. The second-order valence-electron chi connectivity index (χ2n) is 4.26. The Bertz CT molecular complexity index is 552. The summed E-state index contributed by atoms with van der Waals surface area (Å²) in [5, 5.41) is 0. The molecule has 1 rings (SSSR count). The van der Waals surface area contributed by atoms with Crippen molar-refractivity contribution in [3.63, 3.8) is 0 Å². The van der Waals surface area contributed by atoms with Crippen molar-refractivity contribution in [1.29, 1.82) is 0 Å². The maximum absolute atomic E-state index is 12.1. The zero-order valence-corrected chi connectivity index (χ0v) is 11.2. The number of esters is 1. The van der Waals surface area contributed by atoms with Crippen LogP contribution in [0, 0.1) is 0 Å². The van der Waals surface area contributed by atoms with Gasteiger partial charge in [-0.05, 0) is 26.0 Å². The average molecular weight is 272 g/mol. The fourth-order valence-electron chi connectivity index (χ4n) is 1.41. The van der Waals surface area contributed by atoms with Gasteiger partial charge in [-0.3, -0.25) is 4.79 Å². The molecule has 0 aliphatic carbocycles. The van der Waals surface area contributed by atoms with Crippen LogP contribution >= 0.6 is 0 Å². The maximum atomic E-state index is 12.1. The lowest BCUT2D eigenvalue weighted by Gasteiger charge is -2.23. The van der Waals surface area contributed by atoms with Crippen LogP contribution in [0.4, 0.5) is 5.69 Å². The summed E-state index contributed by atoms with van der Waals surface area (Å²) in [5.41, 5.74) is 4.35. The Hall–Kier alpha value is -1.60. The number of hydrogen-bond donors (Lipinski definition) is 2.